The molecule has 0 radical (unpaired) electrons. The predicted octanol–water partition coefficient (Wildman–Crippen LogP) is 0.546. The molecule has 1 aliphatic carbocycles. The summed E-state index contributed by atoms with van der Waals surface area (Å²) in [5.74, 6) is 0.730. The third-order valence-corrected chi connectivity index (χ3v) is 6.43. The Kier molecular flexibility index (Phi) is 5.52. The van der Waals surface area contributed by atoms with Crippen molar-refractivity contribution in [3.05, 3.63) is 36.0 Å². The minimum absolute atomic E-state index is 0.00456. The van der Waals surface area contributed by atoms with Crippen LogP contribution >= 0.6 is 0 Å². The number of pyridine rings is 1. The van der Waals surface area contributed by atoms with E-state index in [2.05, 4.69) is 14.9 Å². The van der Waals surface area contributed by atoms with E-state index in [1.165, 1.54) is 6.92 Å². The van der Waals surface area contributed by atoms with Gasteiger partial charge in [0.2, 0.25) is 10.0 Å². The molecule has 27 heavy (non-hydrogen) atoms. The van der Waals surface area contributed by atoms with Gasteiger partial charge in [-0.25, -0.2) is 13.1 Å². The van der Waals surface area contributed by atoms with Crippen LogP contribution in [-0.4, -0.2) is 54.1 Å². The van der Waals surface area contributed by atoms with Crippen LogP contribution in [0, 0.1) is 19.3 Å². The van der Waals surface area contributed by atoms with Crippen LogP contribution in [0.1, 0.15) is 24.3 Å². The molecule has 0 aromatic carbocycles. The van der Waals surface area contributed by atoms with Crippen molar-refractivity contribution >= 4 is 10.0 Å². The molecule has 2 aromatic rings. The number of ether oxygens (including phenoxy) is 1. The number of hydrogen-bond acceptors (Lipinski definition) is 8. The van der Waals surface area contributed by atoms with E-state index in [1.807, 2.05) is 0 Å². The van der Waals surface area contributed by atoms with Gasteiger partial charge in [0, 0.05) is 18.2 Å². The van der Waals surface area contributed by atoms with Crippen molar-refractivity contribution in [2.75, 3.05) is 13.2 Å². The summed E-state index contributed by atoms with van der Waals surface area (Å²) in [7, 11) is -3.86. The first kappa shape index (κ1) is 19.7. The third-order valence-electron chi connectivity index (χ3n) is 4.78. The molecule has 0 aliphatic heterocycles. The van der Waals surface area contributed by atoms with Crippen LogP contribution < -0.4 is 9.46 Å². The Morgan fingerprint density at radius 2 is 2.04 bits per heavy atom. The molecule has 3 N–H and O–H groups in total. The first-order valence-electron chi connectivity index (χ1n) is 8.54. The number of aromatic nitrogens is 2. The van der Waals surface area contributed by atoms with Gasteiger partial charge in [-0.3, -0.25) is 4.98 Å². The Morgan fingerprint density at radius 3 is 2.59 bits per heavy atom. The second-order valence-corrected chi connectivity index (χ2v) is 8.70. The Balaban J connectivity index is 1.76. The number of rotatable bonds is 7. The van der Waals surface area contributed by atoms with Crippen LogP contribution in [0.3, 0.4) is 0 Å². The first-order chi connectivity index (χ1) is 12.7. The lowest BCUT2D eigenvalue weighted by Gasteiger charge is -2.29. The summed E-state index contributed by atoms with van der Waals surface area (Å²) in [6.07, 6.45) is 1.70. The van der Waals surface area contributed by atoms with E-state index in [1.54, 1.807) is 31.5 Å². The van der Waals surface area contributed by atoms with Gasteiger partial charge in [-0.1, -0.05) is 5.16 Å². The molecule has 1 aliphatic rings. The maximum atomic E-state index is 12.7. The van der Waals surface area contributed by atoms with Crippen molar-refractivity contribution in [2.45, 2.75) is 43.8 Å². The zero-order chi connectivity index (χ0) is 19.7. The second-order valence-electron chi connectivity index (χ2n) is 7.00. The van der Waals surface area contributed by atoms with Crippen molar-refractivity contribution in [1.29, 1.82) is 0 Å². The summed E-state index contributed by atoms with van der Waals surface area (Å²) >= 11 is 0. The minimum atomic E-state index is -3.86. The summed E-state index contributed by atoms with van der Waals surface area (Å²) in [6.45, 7) is 3.19. The fourth-order valence-electron chi connectivity index (χ4n) is 3.40. The van der Waals surface area contributed by atoms with E-state index in [4.69, 9.17) is 9.26 Å². The molecule has 0 bridgehead atoms. The number of sulfonamides is 1. The minimum Gasteiger partial charge on any atom is -0.491 e. The SMILES string of the molecule is Cc1noc(C)c1S(=O)(=O)NCC1(COc2cccnc2)CC(O)C(O)C1. The van der Waals surface area contributed by atoms with E-state index in [-0.39, 0.29) is 42.3 Å². The number of hydrogen-bond donors (Lipinski definition) is 3. The van der Waals surface area contributed by atoms with Crippen molar-refractivity contribution in [2.24, 2.45) is 5.41 Å². The smallest absolute Gasteiger partial charge is 0.245 e. The zero-order valence-corrected chi connectivity index (χ0v) is 15.9. The Morgan fingerprint density at radius 1 is 1.33 bits per heavy atom. The van der Waals surface area contributed by atoms with Crippen molar-refractivity contribution < 1.29 is 27.9 Å². The van der Waals surface area contributed by atoms with Crippen LogP contribution in [0.4, 0.5) is 0 Å². The van der Waals surface area contributed by atoms with Crippen molar-refractivity contribution in [3.8, 4) is 5.75 Å². The van der Waals surface area contributed by atoms with E-state index >= 15 is 0 Å². The highest BCUT2D eigenvalue weighted by atomic mass is 32.2. The summed E-state index contributed by atoms with van der Waals surface area (Å²) in [5, 5.41) is 23.7. The summed E-state index contributed by atoms with van der Waals surface area (Å²) in [6, 6.07) is 3.46. The van der Waals surface area contributed by atoms with Crippen molar-refractivity contribution in [3.63, 3.8) is 0 Å². The lowest BCUT2D eigenvalue weighted by atomic mass is 9.87. The van der Waals surface area contributed by atoms with Crippen LogP contribution in [-0.2, 0) is 10.0 Å². The molecule has 148 valence electrons. The topological polar surface area (TPSA) is 135 Å². The summed E-state index contributed by atoms with van der Waals surface area (Å²) in [5.41, 5.74) is -0.493. The van der Waals surface area contributed by atoms with Gasteiger partial charge in [-0.15, -0.1) is 0 Å². The number of aliphatic hydroxyl groups is 2. The van der Waals surface area contributed by atoms with E-state index in [9.17, 15) is 18.6 Å². The van der Waals surface area contributed by atoms with Crippen LogP contribution in [0.5, 0.6) is 5.75 Å². The fourth-order valence-corrected chi connectivity index (χ4v) is 4.89. The van der Waals surface area contributed by atoms with E-state index < -0.39 is 27.6 Å². The zero-order valence-electron chi connectivity index (χ0n) is 15.1. The molecule has 0 spiro atoms. The number of nitrogens with zero attached hydrogens (tertiary/aromatic N) is 2. The molecule has 2 aromatic heterocycles. The molecule has 2 unspecified atom stereocenters. The molecule has 1 fully saturated rings. The standard InChI is InChI=1S/C17H23N3O6S/c1-11-16(12(2)26-20-11)27(23,24)19-9-17(6-14(21)15(22)7-17)10-25-13-4-3-5-18-8-13/h3-5,8,14-15,19,21-22H,6-7,9-10H2,1-2H3. The highest BCUT2D eigenvalue weighted by molar-refractivity contribution is 7.89. The maximum absolute atomic E-state index is 12.7. The van der Waals surface area contributed by atoms with Gasteiger partial charge in [0.1, 0.15) is 16.3 Å². The number of nitrogens with one attached hydrogen (secondary N) is 1. The van der Waals surface area contributed by atoms with E-state index in [0.717, 1.165) is 0 Å². The van der Waals surface area contributed by atoms with Crippen LogP contribution in [0.15, 0.2) is 33.9 Å². The molecule has 1 saturated carbocycles. The second kappa shape index (κ2) is 7.55. The molecule has 2 heterocycles. The van der Waals surface area contributed by atoms with Gasteiger partial charge in [0.05, 0.1) is 25.0 Å². The Hall–Kier alpha value is -2.01. The molecule has 2 atom stereocenters. The summed E-state index contributed by atoms with van der Waals surface area (Å²) < 4.78 is 38.6. The molecule has 3 rings (SSSR count). The van der Waals surface area contributed by atoms with Crippen LogP contribution in [0.2, 0.25) is 0 Å². The molecular formula is C17H23N3O6S. The molecular weight excluding hydrogens is 374 g/mol. The lowest BCUT2D eigenvalue weighted by molar-refractivity contribution is 0.0438. The van der Waals surface area contributed by atoms with Gasteiger partial charge in [-0.2, -0.15) is 0 Å². The Bertz CT molecular complexity index is 854. The normalized spacial score (nSPS) is 25.6. The number of aliphatic hydroxyl groups excluding tert-OH is 2. The quantitative estimate of drug-likeness (QED) is 0.616. The third kappa shape index (κ3) is 4.29. The molecule has 0 amide bonds. The van der Waals surface area contributed by atoms with Gasteiger partial charge >= 0.3 is 0 Å². The first-order valence-corrected chi connectivity index (χ1v) is 10.0. The average Bonchev–Trinajstić information content (AvgIpc) is 3.12. The monoisotopic (exact) mass is 397 g/mol. The molecule has 9 nitrogen and oxygen atoms in total. The van der Waals surface area contributed by atoms with E-state index in [0.29, 0.717) is 5.75 Å². The highest BCUT2D eigenvalue weighted by Crippen LogP contribution is 2.39. The molecule has 0 saturated heterocycles. The molecule has 10 heteroatoms. The lowest BCUT2D eigenvalue weighted by Crippen LogP contribution is -2.40. The van der Waals surface area contributed by atoms with Crippen LogP contribution in [0.25, 0.3) is 0 Å². The largest absolute Gasteiger partial charge is 0.491 e. The maximum Gasteiger partial charge on any atom is 0.245 e. The number of aryl methyl sites for hydroxylation is 2. The van der Waals surface area contributed by atoms with Gasteiger partial charge in [-0.05, 0) is 38.8 Å². The highest BCUT2D eigenvalue weighted by Gasteiger charge is 2.45. The Labute approximate surface area is 157 Å². The average molecular weight is 397 g/mol. The van der Waals surface area contributed by atoms with Gasteiger partial charge in [0.15, 0.2) is 5.76 Å². The summed E-state index contributed by atoms with van der Waals surface area (Å²) in [4.78, 5) is 3.97. The van der Waals surface area contributed by atoms with Gasteiger partial charge in [0.25, 0.3) is 0 Å². The fraction of sp³-hybridized carbons (Fsp3) is 0.529. The van der Waals surface area contributed by atoms with Gasteiger partial charge < -0.3 is 19.5 Å². The predicted molar refractivity (Wildman–Crippen MR) is 94.6 cm³/mol. The van der Waals surface area contributed by atoms with Crippen molar-refractivity contribution in [1.82, 2.24) is 14.9 Å².